The SMILES string of the molecule is Fc1cccc(Nc2nncc(Nc3ccc(F)c(F)c3F)n2)c1. The molecule has 0 radical (unpaired) electrons. The summed E-state index contributed by atoms with van der Waals surface area (Å²) >= 11 is 0. The first-order valence-corrected chi connectivity index (χ1v) is 6.66. The first kappa shape index (κ1) is 15.7. The molecule has 0 aliphatic carbocycles. The van der Waals surface area contributed by atoms with Crippen molar-refractivity contribution in [2.45, 2.75) is 0 Å². The summed E-state index contributed by atoms with van der Waals surface area (Å²) in [5, 5.41) is 12.5. The molecular formula is C15H9F4N5. The average molecular weight is 335 g/mol. The number of aromatic nitrogens is 3. The maximum atomic E-state index is 13.6. The van der Waals surface area contributed by atoms with Gasteiger partial charge in [0.1, 0.15) is 5.82 Å². The molecule has 0 amide bonds. The van der Waals surface area contributed by atoms with E-state index in [0.29, 0.717) is 5.69 Å². The lowest BCUT2D eigenvalue weighted by Crippen LogP contribution is -2.04. The van der Waals surface area contributed by atoms with Gasteiger partial charge in [-0.3, -0.25) is 0 Å². The van der Waals surface area contributed by atoms with Crippen LogP contribution in [-0.2, 0) is 0 Å². The number of halogens is 4. The number of nitrogens with one attached hydrogen (secondary N) is 2. The molecule has 0 spiro atoms. The minimum Gasteiger partial charge on any atom is -0.336 e. The van der Waals surface area contributed by atoms with Gasteiger partial charge in [-0.1, -0.05) is 6.07 Å². The molecule has 0 aliphatic rings. The maximum absolute atomic E-state index is 13.6. The second-order valence-corrected chi connectivity index (χ2v) is 4.65. The normalized spacial score (nSPS) is 10.5. The van der Waals surface area contributed by atoms with Crippen LogP contribution in [0.5, 0.6) is 0 Å². The third-order valence-corrected chi connectivity index (χ3v) is 2.94. The van der Waals surface area contributed by atoms with E-state index in [1.807, 2.05) is 0 Å². The Morgan fingerprint density at radius 1 is 0.875 bits per heavy atom. The van der Waals surface area contributed by atoms with E-state index in [4.69, 9.17) is 0 Å². The molecule has 5 nitrogen and oxygen atoms in total. The minimum absolute atomic E-state index is 0.00796. The van der Waals surface area contributed by atoms with Crippen molar-refractivity contribution >= 4 is 23.1 Å². The van der Waals surface area contributed by atoms with Crippen LogP contribution in [0.3, 0.4) is 0 Å². The van der Waals surface area contributed by atoms with Gasteiger partial charge in [-0.25, -0.2) is 17.6 Å². The Morgan fingerprint density at radius 3 is 2.50 bits per heavy atom. The van der Waals surface area contributed by atoms with Crippen molar-refractivity contribution in [1.82, 2.24) is 15.2 Å². The highest BCUT2D eigenvalue weighted by molar-refractivity contribution is 5.59. The Bertz CT molecular complexity index is 887. The van der Waals surface area contributed by atoms with Crippen molar-refractivity contribution < 1.29 is 17.6 Å². The van der Waals surface area contributed by atoms with Gasteiger partial charge in [0, 0.05) is 5.69 Å². The van der Waals surface area contributed by atoms with E-state index < -0.39 is 23.3 Å². The molecule has 0 saturated carbocycles. The van der Waals surface area contributed by atoms with E-state index in [0.717, 1.165) is 18.3 Å². The van der Waals surface area contributed by atoms with Crippen LogP contribution in [0.2, 0.25) is 0 Å². The Hall–Kier alpha value is -3.23. The van der Waals surface area contributed by atoms with Crippen LogP contribution < -0.4 is 10.6 Å². The lowest BCUT2D eigenvalue weighted by atomic mass is 10.3. The monoisotopic (exact) mass is 335 g/mol. The zero-order chi connectivity index (χ0) is 17.1. The third kappa shape index (κ3) is 3.40. The summed E-state index contributed by atoms with van der Waals surface area (Å²) in [6.07, 6.45) is 1.16. The fraction of sp³-hybridized carbons (Fsp3) is 0. The lowest BCUT2D eigenvalue weighted by Gasteiger charge is -2.09. The molecule has 0 bridgehead atoms. The zero-order valence-electron chi connectivity index (χ0n) is 11.9. The molecule has 122 valence electrons. The van der Waals surface area contributed by atoms with Crippen LogP contribution in [0.15, 0.2) is 42.6 Å². The van der Waals surface area contributed by atoms with Gasteiger partial charge in [-0.05, 0) is 30.3 Å². The van der Waals surface area contributed by atoms with E-state index in [2.05, 4.69) is 25.8 Å². The predicted octanol–water partition coefficient (Wildman–Crippen LogP) is 3.92. The van der Waals surface area contributed by atoms with Crippen molar-refractivity contribution in [3.05, 3.63) is 65.9 Å². The van der Waals surface area contributed by atoms with Gasteiger partial charge in [0.25, 0.3) is 0 Å². The molecular weight excluding hydrogens is 326 g/mol. The number of hydrogen-bond donors (Lipinski definition) is 2. The summed E-state index contributed by atoms with van der Waals surface area (Å²) in [6.45, 7) is 0. The lowest BCUT2D eigenvalue weighted by molar-refractivity contribution is 0.449. The summed E-state index contributed by atoms with van der Waals surface area (Å²) in [6, 6.07) is 7.37. The number of benzene rings is 2. The largest absolute Gasteiger partial charge is 0.336 e. The molecule has 24 heavy (non-hydrogen) atoms. The number of anilines is 4. The topological polar surface area (TPSA) is 62.7 Å². The molecule has 0 saturated heterocycles. The Morgan fingerprint density at radius 2 is 1.71 bits per heavy atom. The molecule has 0 aliphatic heterocycles. The second-order valence-electron chi connectivity index (χ2n) is 4.65. The Labute approximate surface area is 133 Å². The smallest absolute Gasteiger partial charge is 0.249 e. The first-order chi connectivity index (χ1) is 11.5. The molecule has 1 heterocycles. The highest BCUT2D eigenvalue weighted by Gasteiger charge is 2.14. The molecule has 0 atom stereocenters. The summed E-state index contributed by atoms with van der Waals surface area (Å²) in [5.41, 5.74) is 0.0686. The fourth-order valence-electron chi connectivity index (χ4n) is 1.87. The van der Waals surface area contributed by atoms with Crippen molar-refractivity contribution in [1.29, 1.82) is 0 Å². The van der Waals surface area contributed by atoms with Crippen LogP contribution in [0.4, 0.5) is 40.7 Å². The van der Waals surface area contributed by atoms with Crippen molar-refractivity contribution in [3.63, 3.8) is 0 Å². The van der Waals surface area contributed by atoms with Crippen molar-refractivity contribution in [2.24, 2.45) is 0 Å². The maximum Gasteiger partial charge on any atom is 0.249 e. The highest BCUT2D eigenvalue weighted by Crippen LogP contribution is 2.23. The van der Waals surface area contributed by atoms with Crippen LogP contribution in [0, 0.1) is 23.3 Å². The van der Waals surface area contributed by atoms with Gasteiger partial charge in [-0.15, -0.1) is 5.10 Å². The standard InChI is InChI=1S/C15H9F4N5/c16-8-2-1-3-9(6-8)21-15-23-12(7-20-24-15)22-11-5-4-10(17)13(18)14(11)19/h1-7H,(H2,21,22,23,24). The molecule has 0 unspecified atom stereocenters. The number of rotatable bonds is 4. The van der Waals surface area contributed by atoms with Gasteiger partial charge in [0.05, 0.1) is 11.9 Å². The Kier molecular flexibility index (Phi) is 4.23. The third-order valence-electron chi connectivity index (χ3n) is 2.94. The fourth-order valence-corrected chi connectivity index (χ4v) is 1.87. The van der Waals surface area contributed by atoms with Crippen molar-refractivity contribution in [3.8, 4) is 0 Å². The van der Waals surface area contributed by atoms with Gasteiger partial charge >= 0.3 is 0 Å². The predicted molar refractivity (Wildman–Crippen MR) is 79.1 cm³/mol. The van der Waals surface area contributed by atoms with Crippen LogP contribution >= 0.6 is 0 Å². The molecule has 2 aromatic carbocycles. The molecule has 3 aromatic rings. The zero-order valence-corrected chi connectivity index (χ0v) is 11.9. The summed E-state index contributed by atoms with van der Waals surface area (Å²) in [5.74, 6) is -4.69. The second kappa shape index (κ2) is 6.49. The van der Waals surface area contributed by atoms with Gasteiger partial charge < -0.3 is 10.6 Å². The number of hydrogen-bond acceptors (Lipinski definition) is 5. The molecule has 9 heteroatoms. The Balaban J connectivity index is 1.82. The summed E-state index contributed by atoms with van der Waals surface area (Å²) in [4.78, 5) is 3.99. The molecule has 2 N–H and O–H groups in total. The van der Waals surface area contributed by atoms with Crippen LogP contribution in [-0.4, -0.2) is 15.2 Å². The number of nitrogens with zero attached hydrogens (tertiary/aromatic N) is 3. The summed E-state index contributed by atoms with van der Waals surface area (Å²) < 4.78 is 52.9. The van der Waals surface area contributed by atoms with Crippen LogP contribution in [0.25, 0.3) is 0 Å². The van der Waals surface area contributed by atoms with E-state index in [9.17, 15) is 17.6 Å². The van der Waals surface area contributed by atoms with Gasteiger partial charge in [0.15, 0.2) is 23.3 Å². The van der Waals surface area contributed by atoms with E-state index in [1.165, 1.54) is 18.2 Å². The highest BCUT2D eigenvalue weighted by atomic mass is 19.2. The van der Waals surface area contributed by atoms with E-state index in [1.54, 1.807) is 6.07 Å². The average Bonchev–Trinajstić information content (AvgIpc) is 2.56. The van der Waals surface area contributed by atoms with Crippen LogP contribution in [0.1, 0.15) is 0 Å². The molecule has 3 rings (SSSR count). The van der Waals surface area contributed by atoms with E-state index in [-0.39, 0.29) is 17.5 Å². The molecule has 1 aromatic heterocycles. The van der Waals surface area contributed by atoms with Gasteiger partial charge in [-0.2, -0.15) is 10.1 Å². The van der Waals surface area contributed by atoms with E-state index >= 15 is 0 Å². The quantitative estimate of drug-likeness (QED) is 0.559. The minimum atomic E-state index is -1.60. The van der Waals surface area contributed by atoms with Gasteiger partial charge in [0.2, 0.25) is 5.95 Å². The molecule has 0 fully saturated rings. The van der Waals surface area contributed by atoms with Crippen molar-refractivity contribution in [2.75, 3.05) is 10.6 Å². The first-order valence-electron chi connectivity index (χ1n) is 6.66. The summed E-state index contributed by atoms with van der Waals surface area (Å²) in [7, 11) is 0.